The summed E-state index contributed by atoms with van der Waals surface area (Å²) in [6.07, 6.45) is 6.89. The van der Waals surface area contributed by atoms with Crippen LogP contribution in [0, 0.1) is 5.92 Å². The van der Waals surface area contributed by atoms with Crippen molar-refractivity contribution in [2.75, 3.05) is 0 Å². The summed E-state index contributed by atoms with van der Waals surface area (Å²) in [5, 5.41) is 10.0. The third-order valence-electron chi connectivity index (χ3n) is 2.77. The summed E-state index contributed by atoms with van der Waals surface area (Å²) in [5.74, 6) is 0.666. The van der Waals surface area contributed by atoms with Gasteiger partial charge in [0.2, 0.25) is 0 Å². The minimum absolute atomic E-state index is 0.495. The molecule has 0 spiro atoms. The van der Waals surface area contributed by atoms with E-state index in [-0.39, 0.29) is 0 Å². The third-order valence-corrected chi connectivity index (χ3v) is 2.77. The molecule has 1 N–H and O–H groups in total. The molecule has 0 aromatic carbocycles. The largest absolute Gasteiger partial charge is 0.390 e. The Morgan fingerprint density at radius 1 is 1.38 bits per heavy atom. The maximum atomic E-state index is 10.0. The van der Waals surface area contributed by atoms with Crippen molar-refractivity contribution in [3.05, 3.63) is 12.7 Å². The number of allylic oxidation sites excluding steroid dienone is 1. The highest BCUT2D eigenvalue weighted by molar-refractivity contribution is 4.80. The first-order valence-electron chi connectivity index (χ1n) is 5.39. The lowest BCUT2D eigenvalue weighted by Gasteiger charge is -2.27. The average molecular weight is 184 g/mol. The predicted octanol–water partition coefficient (Wildman–Crippen LogP) is 3.53. The van der Waals surface area contributed by atoms with Crippen molar-refractivity contribution in [1.29, 1.82) is 0 Å². The van der Waals surface area contributed by atoms with E-state index in [9.17, 15) is 5.11 Å². The molecule has 0 amide bonds. The smallest absolute Gasteiger partial charge is 0.0625 e. The van der Waals surface area contributed by atoms with Crippen molar-refractivity contribution < 1.29 is 5.11 Å². The number of hydrogen-bond donors (Lipinski definition) is 1. The molecule has 0 radical (unpaired) electrons. The Morgan fingerprint density at radius 2 is 1.92 bits per heavy atom. The Morgan fingerprint density at radius 3 is 2.31 bits per heavy atom. The van der Waals surface area contributed by atoms with Gasteiger partial charge in [-0.25, -0.2) is 0 Å². The molecule has 13 heavy (non-hydrogen) atoms. The fourth-order valence-electron chi connectivity index (χ4n) is 1.71. The fourth-order valence-corrected chi connectivity index (χ4v) is 1.71. The Balaban J connectivity index is 3.90. The van der Waals surface area contributed by atoms with E-state index in [1.165, 1.54) is 12.8 Å². The van der Waals surface area contributed by atoms with Gasteiger partial charge >= 0.3 is 0 Å². The molecule has 0 saturated heterocycles. The van der Waals surface area contributed by atoms with Crippen molar-refractivity contribution in [3.8, 4) is 0 Å². The maximum Gasteiger partial charge on any atom is 0.0625 e. The number of rotatable bonds is 7. The standard InChI is InChI=1S/C12H24O/c1-5-8-9-12(4,13)10-11(6-2)7-3/h5,11,13H,1,6-10H2,2-4H3. The molecule has 1 atom stereocenters. The Hall–Kier alpha value is -0.300. The monoisotopic (exact) mass is 184 g/mol. The number of aliphatic hydroxyl groups is 1. The second-order valence-electron chi connectivity index (χ2n) is 4.21. The van der Waals surface area contributed by atoms with E-state index in [1.807, 2.05) is 13.0 Å². The van der Waals surface area contributed by atoms with Crippen molar-refractivity contribution >= 4 is 0 Å². The fraction of sp³-hybridized carbons (Fsp3) is 0.833. The Labute approximate surface area is 82.9 Å². The van der Waals surface area contributed by atoms with Crippen LogP contribution in [0.25, 0.3) is 0 Å². The molecule has 0 saturated carbocycles. The summed E-state index contributed by atoms with van der Waals surface area (Å²) in [6.45, 7) is 10.00. The van der Waals surface area contributed by atoms with Gasteiger partial charge in [-0.05, 0) is 32.1 Å². The number of hydrogen-bond acceptors (Lipinski definition) is 1. The normalized spacial score (nSPS) is 15.8. The molecule has 0 aliphatic rings. The first kappa shape index (κ1) is 12.7. The molecule has 0 fully saturated rings. The van der Waals surface area contributed by atoms with Crippen molar-refractivity contribution in [2.45, 2.75) is 58.5 Å². The lowest BCUT2D eigenvalue weighted by atomic mass is 9.86. The van der Waals surface area contributed by atoms with Gasteiger partial charge in [0, 0.05) is 0 Å². The quantitative estimate of drug-likeness (QED) is 0.600. The highest BCUT2D eigenvalue weighted by atomic mass is 16.3. The summed E-state index contributed by atoms with van der Waals surface area (Å²) in [6, 6.07) is 0. The molecule has 0 aliphatic carbocycles. The molecular weight excluding hydrogens is 160 g/mol. The third kappa shape index (κ3) is 5.87. The van der Waals surface area contributed by atoms with E-state index in [4.69, 9.17) is 0 Å². The summed E-state index contributed by atoms with van der Waals surface area (Å²) < 4.78 is 0. The van der Waals surface area contributed by atoms with Gasteiger partial charge in [0.25, 0.3) is 0 Å². The van der Waals surface area contributed by atoms with Crippen LogP contribution in [0.3, 0.4) is 0 Å². The van der Waals surface area contributed by atoms with Crippen molar-refractivity contribution in [1.82, 2.24) is 0 Å². The molecule has 1 heteroatoms. The van der Waals surface area contributed by atoms with E-state index < -0.39 is 5.60 Å². The first-order chi connectivity index (χ1) is 6.05. The average Bonchev–Trinajstić information content (AvgIpc) is 2.11. The summed E-state index contributed by atoms with van der Waals surface area (Å²) in [5.41, 5.74) is -0.495. The van der Waals surface area contributed by atoms with E-state index in [0.29, 0.717) is 5.92 Å². The zero-order valence-corrected chi connectivity index (χ0v) is 9.34. The van der Waals surface area contributed by atoms with Crippen LogP contribution in [-0.2, 0) is 0 Å². The molecule has 78 valence electrons. The highest BCUT2D eigenvalue weighted by Gasteiger charge is 2.22. The van der Waals surface area contributed by atoms with Crippen molar-refractivity contribution in [2.24, 2.45) is 5.92 Å². The molecule has 0 heterocycles. The van der Waals surface area contributed by atoms with Gasteiger partial charge in [-0.2, -0.15) is 0 Å². The maximum absolute atomic E-state index is 10.0. The lowest BCUT2D eigenvalue weighted by molar-refractivity contribution is 0.0250. The van der Waals surface area contributed by atoms with Crippen LogP contribution in [0.5, 0.6) is 0 Å². The zero-order chi connectivity index (χ0) is 10.3. The first-order valence-corrected chi connectivity index (χ1v) is 5.39. The van der Waals surface area contributed by atoms with Crippen LogP contribution >= 0.6 is 0 Å². The highest BCUT2D eigenvalue weighted by Crippen LogP contribution is 2.25. The Bertz CT molecular complexity index is 134. The van der Waals surface area contributed by atoms with Crippen LogP contribution in [0.2, 0.25) is 0 Å². The molecular formula is C12H24O. The van der Waals surface area contributed by atoms with Gasteiger partial charge in [0.1, 0.15) is 0 Å². The summed E-state index contributed by atoms with van der Waals surface area (Å²) in [4.78, 5) is 0. The van der Waals surface area contributed by atoms with E-state index >= 15 is 0 Å². The van der Waals surface area contributed by atoms with Gasteiger partial charge in [0.15, 0.2) is 0 Å². The van der Waals surface area contributed by atoms with Crippen LogP contribution in [0.4, 0.5) is 0 Å². The molecule has 1 nitrogen and oxygen atoms in total. The van der Waals surface area contributed by atoms with Gasteiger partial charge in [-0.15, -0.1) is 6.58 Å². The molecule has 1 unspecified atom stereocenters. The van der Waals surface area contributed by atoms with Crippen LogP contribution in [0.1, 0.15) is 52.9 Å². The van der Waals surface area contributed by atoms with Gasteiger partial charge in [-0.1, -0.05) is 32.8 Å². The van der Waals surface area contributed by atoms with Gasteiger partial charge in [-0.3, -0.25) is 0 Å². The second kappa shape index (κ2) is 6.20. The zero-order valence-electron chi connectivity index (χ0n) is 9.34. The van der Waals surface area contributed by atoms with Gasteiger partial charge < -0.3 is 5.11 Å². The second-order valence-corrected chi connectivity index (χ2v) is 4.21. The molecule has 0 aromatic rings. The van der Waals surface area contributed by atoms with Crippen molar-refractivity contribution in [3.63, 3.8) is 0 Å². The predicted molar refractivity (Wildman–Crippen MR) is 58.7 cm³/mol. The summed E-state index contributed by atoms with van der Waals surface area (Å²) >= 11 is 0. The SMILES string of the molecule is C=CCCC(C)(O)CC(CC)CC. The molecule has 0 bridgehead atoms. The molecule has 0 aromatic heterocycles. The van der Waals surface area contributed by atoms with E-state index in [2.05, 4.69) is 20.4 Å². The van der Waals surface area contributed by atoms with Crippen LogP contribution < -0.4 is 0 Å². The van der Waals surface area contributed by atoms with Crippen LogP contribution in [0.15, 0.2) is 12.7 Å². The Kier molecular flexibility index (Phi) is 6.06. The minimum Gasteiger partial charge on any atom is -0.390 e. The summed E-state index contributed by atoms with van der Waals surface area (Å²) in [7, 11) is 0. The molecule has 0 rings (SSSR count). The topological polar surface area (TPSA) is 20.2 Å². The van der Waals surface area contributed by atoms with E-state index in [1.54, 1.807) is 0 Å². The van der Waals surface area contributed by atoms with Crippen LogP contribution in [-0.4, -0.2) is 10.7 Å². The van der Waals surface area contributed by atoms with Gasteiger partial charge in [0.05, 0.1) is 5.60 Å². The molecule has 0 aliphatic heterocycles. The van der Waals surface area contributed by atoms with E-state index in [0.717, 1.165) is 19.3 Å². The lowest BCUT2D eigenvalue weighted by Crippen LogP contribution is -2.27. The minimum atomic E-state index is -0.495.